The first-order valence-electron chi connectivity index (χ1n) is 7.31. The van der Waals surface area contributed by atoms with Crippen molar-refractivity contribution in [3.63, 3.8) is 0 Å². The molecule has 2 rings (SSSR count). The molecule has 2 aromatic rings. The monoisotopic (exact) mass is 272 g/mol. The van der Waals surface area contributed by atoms with E-state index in [4.69, 9.17) is 5.73 Å². The zero-order valence-electron chi connectivity index (χ0n) is 12.6. The summed E-state index contributed by atoms with van der Waals surface area (Å²) in [6.45, 7) is 6.77. The Morgan fingerprint density at radius 2 is 1.95 bits per heavy atom. The third-order valence-corrected chi connectivity index (χ3v) is 3.68. The van der Waals surface area contributed by atoms with Gasteiger partial charge in [0.25, 0.3) is 0 Å². The second-order valence-electron chi connectivity index (χ2n) is 5.82. The zero-order valence-corrected chi connectivity index (χ0v) is 12.6. The first kappa shape index (κ1) is 14.6. The Kier molecular flexibility index (Phi) is 4.77. The van der Waals surface area contributed by atoms with Crippen LogP contribution in [0.4, 0.5) is 5.69 Å². The smallest absolute Gasteiger partial charge is 0.0953 e. The fraction of sp³-hybridized carbons (Fsp3) is 0.500. The second-order valence-corrected chi connectivity index (χ2v) is 5.82. The number of nitrogens with zero attached hydrogens (tertiary/aromatic N) is 3. The van der Waals surface area contributed by atoms with Crippen LogP contribution in [0.25, 0.3) is 11.3 Å². The largest absolute Gasteiger partial charge is 0.398 e. The summed E-state index contributed by atoms with van der Waals surface area (Å²) in [7, 11) is 0. The van der Waals surface area contributed by atoms with Gasteiger partial charge in [-0.15, -0.1) is 0 Å². The van der Waals surface area contributed by atoms with Crippen LogP contribution in [0.1, 0.15) is 46.1 Å². The maximum absolute atomic E-state index is 6.04. The lowest BCUT2D eigenvalue weighted by Crippen LogP contribution is -2.07. The minimum Gasteiger partial charge on any atom is -0.398 e. The molecule has 0 amide bonds. The van der Waals surface area contributed by atoms with Crippen LogP contribution >= 0.6 is 0 Å². The van der Waals surface area contributed by atoms with Crippen LogP contribution < -0.4 is 5.73 Å². The van der Waals surface area contributed by atoms with Gasteiger partial charge in [0.1, 0.15) is 0 Å². The van der Waals surface area contributed by atoms with Gasteiger partial charge >= 0.3 is 0 Å². The summed E-state index contributed by atoms with van der Waals surface area (Å²) in [5.74, 6) is 0.762. The van der Waals surface area contributed by atoms with Gasteiger partial charge in [0.2, 0.25) is 0 Å². The number of nitrogen functional groups attached to an aromatic ring is 1. The number of imidazole rings is 1. The maximum atomic E-state index is 6.04. The Bertz CT molecular complexity index is 545. The number of aromatic nitrogens is 3. The van der Waals surface area contributed by atoms with Gasteiger partial charge in [-0.2, -0.15) is 0 Å². The minimum atomic E-state index is 0.422. The quantitative estimate of drug-likeness (QED) is 0.867. The number of rotatable bonds is 6. The third-order valence-electron chi connectivity index (χ3n) is 3.68. The maximum Gasteiger partial charge on any atom is 0.0953 e. The summed E-state index contributed by atoms with van der Waals surface area (Å²) in [6, 6.07) is 2.25. The molecule has 108 valence electrons. The molecule has 0 fully saturated rings. The van der Waals surface area contributed by atoms with E-state index >= 15 is 0 Å². The molecule has 0 aromatic carbocycles. The molecule has 0 aliphatic carbocycles. The van der Waals surface area contributed by atoms with E-state index in [9.17, 15) is 0 Å². The van der Waals surface area contributed by atoms with Crippen LogP contribution in [0.5, 0.6) is 0 Å². The lowest BCUT2D eigenvalue weighted by atomic mass is 10.0. The molecule has 4 nitrogen and oxygen atoms in total. The van der Waals surface area contributed by atoms with Crippen molar-refractivity contribution in [1.29, 1.82) is 0 Å². The van der Waals surface area contributed by atoms with Gasteiger partial charge < -0.3 is 10.3 Å². The summed E-state index contributed by atoms with van der Waals surface area (Å²) in [6.07, 6.45) is 10.9. The molecule has 2 N–H and O–H groups in total. The van der Waals surface area contributed by atoms with Crippen molar-refractivity contribution >= 4 is 5.69 Å². The van der Waals surface area contributed by atoms with E-state index < -0.39 is 0 Å². The molecular formula is C16H24N4. The van der Waals surface area contributed by atoms with Crippen LogP contribution in [0.15, 0.2) is 31.0 Å². The predicted molar refractivity (Wildman–Crippen MR) is 83.3 cm³/mol. The van der Waals surface area contributed by atoms with Gasteiger partial charge in [-0.1, -0.05) is 26.7 Å². The molecule has 0 saturated carbocycles. The standard InChI is InChI=1S/C16H24N4/c1-12(2)5-4-6-13(3)20-11-19-10-16(20)14-9-18-8-7-15(14)17/h7-13H,4-6H2,1-3H3,(H2,17,18). The van der Waals surface area contributed by atoms with Crippen molar-refractivity contribution < 1.29 is 0 Å². The van der Waals surface area contributed by atoms with E-state index in [-0.39, 0.29) is 0 Å². The minimum absolute atomic E-state index is 0.422. The average molecular weight is 272 g/mol. The molecule has 0 spiro atoms. The van der Waals surface area contributed by atoms with Crippen molar-refractivity contribution in [3.8, 4) is 11.3 Å². The highest BCUT2D eigenvalue weighted by Crippen LogP contribution is 2.28. The Morgan fingerprint density at radius 3 is 2.65 bits per heavy atom. The molecule has 20 heavy (non-hydrogen) atoms. The predicted octanol–water partition coefficient (Wildman–Crippen LogP) is 3.91. The van der Waals surface area contributed by atoms with Crippen LogP contribution in [-0.4, -0.2) is 14.5 Å². The number of anilines is 1. The van der Waals surface area contributed by atoms with E-state index in [1.165, 1.54) is 12.8 Å². The molecule has 0 aliphatic heterocycles. The van der Waals surface area contributed by atoms with Crippen LogP contribution in [-0.2, 0) is 0 Å². The van der Waals surface area contributed by atoms with Gasteiger partial charge in [0.15, 0.2) is 0 Å². The topological polar surface area (TPSA) is 56.7 Å². The molecule has 0 saturated heterocycles. The van der Waals surface area contributed by atoms with Crippen molar-refractivity contribution in [2.75, 3.05) is 5.73 Å². The van der Waals surface area contributed by atoms with E-state index in [1.54, 1.807) is 6.20 Å². The van der Waals surface area contributed by atoms with Crippen LogP contribution in [0.2, 0.25) is 0 Å². The lowest BCUT2D eigenvalue weighted by Gasteiger charge is -2.17. The van der Waals surface area contributed by atoms with Crippen LogP contribution in [0.3, 0.4) is 0 Å². The van der Waals surface area contributed by atoms with Crippen molar-refractivity contribution in [1.82, 2.24) is 14.5 Å². The number of pyridine rings is 1. The van der Waals surface area contributed by atoms with Crippen LogP contribution in [0, 0.1) is 5.92 Å². The summed E-state index contributed by atoms with van der Waals surface area (Å²) < 4.78 is 2.20. The molecule has 2 heterocycles. The normalized spacial score (nSPS) is 12.8. The highest BCUT2D eigenvalue weighted by molar-refractivity contribution is 5.72. The van der Waals surface area contributed by atoms with Gasteiger partial charge in [-0.05, 0) is 25.3 Å². The summed E-state index contributed by atoms with van der Waals surface area (Å²) in [4.78, 5) is 8.45. The van der Waals surface area contributed by atoms with E-state index in [1.807, 2.05) is 24.8 Å². The second kappa shape index (κ2) is 6.55. The molecule has 1 unspecified atom stereocenters. The summed E-state index contributed by atoms with van der Waals surface area (Å²) in [5, 5.41) is 0. The average Bonchev–Trinajstić information content (AvgIpc) is 2.87. The first-order chi connectivity index (χ1) is 9.59. The number of hydrogen-bond donors (Lipinski definition) is 1. The zero-order chi connectivity index (χ0) is 14.5. The van der Waals surface area contributed by atoms with Crippen molar-refractivity contribution in [2.45, 2.75) is 46.1 Å². The van der Waals surface area contributed by atoms with E-state index in [0.717, 1.165) is 29.3 Å². The number of hydrogen-bond acceptors (Lipinski definition) is 3. The molecule has 0 radical (unpaired) electrons. The Morgan fingerprint density at radius 1 is 1.15 bits per heavy atom. The Labute approximate surface area is 121 Å². The summed E-state index contributed by atoms with van der Waals surface area (Å²) in [5.41, 5.74) is 8.79. The van der Waals surface area contributed by atoms with Gasteiger partial charge in [0, 0.05) is 29.7 Å². The summed E-state index contributed by atoms with van der Waals surface area (Å²) >= 11 is 0. The number of nitrogens with two attached hydrogens (primary N) is 1. The van der Waals surface area contributed by atoms with Gasteiger partial charge in [-0.25, -0.2) is 4.98 Å². The fourth-order valence-electron chi connectivity index (χ4n) is 2.44. The molecule has 2 aromatic heterocycles. The molecule has 1 atom stereocenters. The van der Waals surface area contributed by atoms with Gasteiger partial charge in [-0.3, -0.25) is 4.98 Å². The highest BCUT2D eigenvalue weighted by Gasteiger charge is 2.13. The third kappa shape index (κ3) is 3.38. The Balaban J connectivity index is 2.14. The Hall–Kier alpha value is -1.84. The molecule has 0 aliphatic rings. The molecule has 0 bridgehead atoms. The SMILES string of the molecule is CC(C)CCCC(C)n1cncc1-c1cnccc1N. The highest BCUT2D eigenvalue weighted by atomic mass is 15.1. The lowest BCUT2D eigenvalue weighted by molar-refractivity contribution is 0.449. The van der Waals surface area contributed by atoms with Crippen molar-refractivity contribution in [3.05, 3.63) is 31.0 Å². The van der Waals surface area contributed by atoms with Crippen molar-refractivity contribution in [2.24, 2.45) is 5.92 Å². The van der Waals surface area contributed by atoms with E-state index in [0.29, 0.717) is 6.04 Å². The van der Waals surface area contributed by atoms with E-state index in [2.05, 4.69) is 35.3 Å². The fourth-order valence-corrected chi connectivity index (χ4v) is 2.44. The van der Waals surface area contributed by atoms with Gasteiger partial charge in [0.05, 0.1) is 18.2 Å². The molecular weight excluding hydrogens is 248 g/mol. The molecule has 4 heteroatoms. The first-order valence-corrected chi connectivity index (χ1v) is 7.31.